The van der Waals surface area contributed by atoms with Crippen LogP contribution in [0, 0.1) is 0 Å². The standard InChI is InChI=1S/C25H23ClN2O4/c1-3-13-31-23-12-11-19(15-24(23)30-2)25(29)28-27-16-18-7-6-9-21(14-18)32-17-20-8-4-5-10-22(20)26/h3-12,14-16H,1,13,17H2,2H3,(H,28,29)/b27-16+. The Morgan fingerprint density at radius 3 is 2.69 bits per heavy atom. The minimum atomic E-state index is -0.374. The molecule has 7 heteroatoms. The fourth-order valence-corrected chi connectivity index (χ4v) is 2.96. The fraction of sp³-hybridized carbons (Fsp3) is 0.120. The molecule has 164 valence electrons. The molecule has 0 unspecified atom stereocenters. The SMILES string of the molecule is C=CCOc1ccc(C(=O)N/N=C/c2cccc(OCc3ccccc3Cl)c2)cc1OC. The first-order valence-corrected chi connectivity index (χ1v) is 10.2. The second-order valence-electron chi connectivity index (χ2n) is 6.62. The van der Waals surface area contributed by atoms with Gasteiger partial charge in [0.2, 0.25) is 0 Å². The van der Waals surface area contributed by atoms with E-state index in [-0.39, 0.29) is 5.91 Å². The summed E-state index contributed by atoms with van der Waals surface area (Å²) >= 11 is 6.16. The highest BCUT2D eigenvalue weighted by molar-refractivity contribution is 6.31. The van der Waals surface area contributed by atoms with E-state index in [2.05, 4.69) is 17.1 Å². The first-order valence-electron chi connectivity index (χ1n) is 9.82. The van der Waals surface area contributed by atoms with Gasteiger partial charge in [0.1, 0.15) is 19.0 Å². The second-order valence-corrected chi connectivity index (χ2v) is 7.02. The van der Waals surface area contributed by atoms with Crippen LogP contribution in [0.3, 0.4) is 0 Å². The van der Waals surface area contributed by atoms with Crippen molar-refractivity contribution in [3.63, 3.8) is 0 Å². The van der Waals surface area contributed by atoms with Crippen LogP contribution in [0.5, 0.6) is 17.2 Å². The maximum absolute atomic E-state index is 12.4. The molecule has 0 aliphatic heterocycles. The molecule has 0 atom stereocenters. The highest BCUT2D eigenvalue weighted by Gasteiger charge is 2.10. The van der Waals surface area contributed by atoms with Gasteiger partial charge >= 0.3 is 0 Å². The van der Waals surface area contributed by atoms with Crippen molar-refractivity contribution in [2.45, 2.75) is 6.61 Å². The van der Waals surface area contributed by atoms with E-state index in [0.717, 1.165) is 11.1 Å². The third-order valence-electron chi connectivity index (χ3n) is 4.37. The van der Waals surface area contributed by atoms with Crippen molar-refractivity contribution < 1.29 is 19.0 Å². The van der Waals surface area contributed by atoms with Gasteiger partial charge in [-0.25, -0.2) is 5.43 Å². The Labute approximate surface area is 192 Å². The molecule has 32 heavy (non-hydrogen) atoms. The Morgan fingerprint density at radius 1 is 1.06 bits per heavy atom. The summed E-state index contributed by atoms with van der Waals surface area (Å²) in [5.41, 5.74) is 4.57. The van der Waals surface area contributed by atoms with Crippen molar-refractivity contribution in [2.75, 3.05) is 13.7 Å². The van der Waals surface area contributed by atoms with Crippen LogP contribution < -0.4 is 19.6 Å². The third-order valence-corrected chi connectivity index (χ3v) is 4.74. The number of halogens is 1. The molecule has 1 amide bonds. The number of carbonyl (C=O) groups excluding carboxylic acids is 1. The van der Waals surface area contributed by atoms with Gasteiger partial charge in [0.15, 0.2) is 11.5 Å². The summed E-state index contributed by atoms with van der Waals surface area (Å²) in [5, 5.41) is 4.69. The second kappa shape index (κ2) is 11.6. The predicted octanol–water partition coefficient (Wildman–Crippen LogP) is 5.26. The third kappa shape index (κ3) is 6.36. The lowest BCUT2D eigenvalue weighted by atomic mass is 10.2. The topological polar surface area (TPSA) is 69.2 Å². The highest BCUT2D eigenvalue weighted by Crippen LogP contribution is 2.28. The first kappa shape index (κ1) is 22.9. The van der Waals surface area contributed by atoms with Gasteiger partial charge in [-0.1, -0.05) is 54.6 Å². The molecule has 3 rings (SSSR count). The molecule has 3 aromatic rings. The van der Waals surface area contributed by atoms with E-state index in [1.807, 2.05) is 48.5 Å². The van der Waals surface area contributed by atoms with Crippen LogP contribution in [-0.4, -0.2) is 25.8 Å². The van der Waals surface area contributed by atoms with Crippen LogP contribution in [0.1, 0.15) is 21.5 Å². The number of amides is 1. The average Bonchev–Trinajstić information content (AvgIpc) is 2.82. The Bertz CT molecular complexity index is 1110. The molecule has 0 aromatic heterocycles. The minimum Gasteiger partial charge on any atom is -0.493 e. The maximum atomic E-state index is 12.4. The van der Waals surface area contributed by atoms with E-state index in [0.29, 0.717) is 41.0 Å². The lowest BCUT2D eigenvalue weighted by Gasteiger charge is -2.10. The average molecular weight is 451 g/mol. The van der Waals surface area contributed by atoms with Crippen molar-refractivity contribution in [1.29, 1.82) is 0 Å². The summed E-state index contributed by atoms with van der Waals surface area (Å²) in [7, 11) is 1.51. The van der Waals surface area contributed by atoms with E-state index in [4.69, 9.17) is 25.8 Å². The van der Waals surface area contributed by atoms with Crippen molar-refractivity contribution >= 4 is 23.7 Å². The maximum Gasteiger partial charge on any atom is 0.271 e. The zero-order valence-corrected chi connectivity index (χ0v) is 18.3. The van der Waals surface area contributed by atoms with Gasteiger partial charge in [-0.15, -0.1) is 0 Å². The van der Waals surface area contributed by atoms with Gasteiger partial charge in [0.05, 0.1) is 13.3 Å². The van der Waals surface area contributed by atoms with Crippen LogP contribution >= 0.6 is 11.6 Å². The van der Waals surface area contributed by atoms with Crippen molar-refractivity contribution in [3.05, 3.63) is 101 Å². The van der Waals surface area contributed by atoms with Crippen molar-refractivity contribution in [2.24, 2.45) is 5.10 Å². The number of hydrazone groups is 1. The van der Waals surface area contributed by atoms with Gasteiger partial charge in [-0.2, -0.15) is 5.10 Å². The zero-order chi connectivity index (χ0) is 22.8. The zero-order valence-electron chi connectivity index (χ0n) is 17.6. The van der Waals surface area contributed by atoms with E-state index in [1.165, 1.54) is 7.11 Å². The van der Waals surface area contributed by atoms with E-state index < -0.39 is 0 Å². The number of rotatable bonds is 10. The van der Waals surface area contributed by atoms with Crippen LogP contribution in [0.2, 0.25) is 5.02 Å². The molecule has 0 saturated heterocycles. The summed E-state index contributed by atoms with van der Waals surface area (Å²) in [6.07, 6.45) is 3.17. The number of nitrogens with zero attached hydrogens (tertiary/aromatic N) is 1. The monoisotopic (exact) mass is 450 g/mol. The summed E-state index contributed by atoms with van der Waals surface area (Å²) in [6, 6.07) is 19.8. The Hall–Kier alpha value is -3.77. The van der Waals surface area contributed by atoms with Gasteiger partial charge < -0.3 is 14.2 Å². The minimum absolute atomic E-state index is 0.341. The number of carbonyl (C=O) groups is 1. The lowest BCUT2D eigenvalue weighted by molar-refractivity contribution is 0.0954. The largest absolute Gasteiger partial charge is 0.493 e. The van der Waals surface area contributed by atoms with Gasteiger partial charge in [0, 0.05) is 16.1 Å². The molecule has 3 aromatic carbocycles. The number of nitrogens with one attached hydrogen (secondary N) is 1. The van der Waals surface area contributed by atoms with E-state index in [1.54, 1.807) is 30.5 Å². The molecular formula is C25H23ClN2O4. The molecule has 0 aliphatic carbocycles. The van der Waals surface area contributed by atoms with Crippen LogP contribution in [0.25, 0.3) is 0 Å². The summed E-state index contributed by atoms with van der Waals surface area (Å²) in [6.45, 7) is 4.30. The van der Waals surface area contributed by atoms with E-state index >= 15 is 0 Å². The Balaban J connectivity index is 1.59. The van der Waals surface area contributed by atoms with Gasteiger partial charge in [0.25, 0.3) is 5.91 Å². The number of benzene rings is 3. The predicted molar refractivity (Wildman–Crippen MR) is 126 cm³/mol. The van der Waals surface area contributed by atoms with Gasteiger partial charge in [-0.05, 0) is 42.0 Å². The molecular weight excluding hydrogens is 428 g/mol. The molecule has 0 fully saturated rings. The van der Waals surface area contributed by atoms with E-state index in [9.17, 15) is 4.79 Å². The molecule has 6 nitrogen and oxygen atoms in total. The molecule has 0 heterocycles. The summed E-state index contributed by atoms with van der Waals surface area (Å²) < 4.78 is 16.6. The molecule has 0 radical (unpaired) electrons. The number of hydrogen-bond acceptors (Lipinski definition) is 5. The fourth-order valence-electron chi connectivity index (χ4n) is 2.77. The van der Waals surface area contributed by atoms with Crippen molar-refractivity contribution in [1.82, 2.24) is 5.43 Å². The Kier molecular flexibility index (Phi) is 8.29. The summed E-state index contributed by atoms with van der Waals surface area (Å²) in [4.78, 5) is 12.4. The lowest BCUT2D eigenvalue weighted by Crippen LogP contribution is -2.17. The molecule has 1 N–H and O–H groups in total. The quantitative estimate of drug-likeness (QED) is 0.260. The summed E-state index contributed by atoms with van der Waals surface area (Å²) in [5.74, 6) is 1.27. The van der Waals surface area contributed by atoms with Crippen LogP contribution in [0.4, 0.5) is 0 Å². The van der Waals surface area contributed by atoms with Crippen LogP contribution in [0.15, 0.2) is 84.5 Å². The first-order chi connectivity index (χ1) is 15.6. The van der Waals surface area contributed by atoms with Crippen LogP contribution in [-0.2, 0) is 6.61 Å². The Morgan fingerprint density at radius 2 is 1.91 bits per heavy atom. The van der Waals surface area contributed by atoms with Crippen molar-refractivity contribution in [3.8, 4) is 17.2 Å². The van der Waals surface area contributed by atoms with Gasteiger partial charge in [-0.3, -0.25) is 4.79 Å². The number of methoxy groups -OCH3 is 1. The smallest absolute Gasteiger partial charge is 0.271 e. The molecule has 0 spiro atoms. The molecule has 0 bridgehead atoms. The number of hydrogen-bond donors (Lipinski definition) is 1. The molecule has 0 aliphatic rings. The highest BCUT2D eigenvalue weighted by atomic mass is 35.5. The number of ether oxygens (including phenoxy) is 3. The normalized spacial score (nSPS) is 10.6. The molecule has 0 saturated carbocycles.